The summed E-state index contributed by atoms with van der Waals surface area (Å²) in [6.07, 6.45) is 5.99. The third-order valence-corrected chi connectivity index (χ3v) is 5.99. The Morgan fingerprint density at radius 1 is 1.12 bits per heavy atom. The molecule has 1 aliphatic heterocycles. The summed E-state index contributed by atoms with van der Waals surface area (Å²) in [5, 5.41) is 3.63. The highest BCUT2D eigenvalue weighted by molar-refractivity contribution is 7.15. The van der Waals surface area contributed by atoms with Crippen LogP contribution in [-0.4, -0.2) is 34.3 Å². The van der Waals surface area contributed by atoms with Gasteiger partial charge < -0.3 is 10.2 Å². The van der Waals surface area contributed by atoms with Crippen LogP contribution in [0.1, 0.15) is 46.6 Å². The lowest BCUT2D eigenvalue weighted by atomic mass is 10.0. The van der Waals surface area contributed by atoms with Crippen molar-refractivity contribution < 1.29 is 9.59 Å². The molecule has 2 amide bonds. The summed E-state index contributed by atoms with van der Waals surface area (Å²) in [4.78, 5) is 33.0. The molecule has 2 heterocycles. The third-order valence-electron chi connectivity index (χ3n) is 4.91. The molecule has 1 aromatic heterocycles. The second-order valence-electron chi connectivity index (χ2n) is 6.61. The van der Waals surface area contributed by atoms with Crippen molar-refractivity contribution in [2.75, 3.05) is 11.9 Å². The van der Waals surface area contributed by atoms with E-state index < -0.39 is 6.04 Å². The Morgan fingerprint density at radius 2 is 1.92 bits per heavy atom. The highest BCUT2D eigenvalue weighted by Gasteiger charge is 2.35. The summed E-state index contributed by atoms with van der Waals surface area (Å²) in [6.45, 7) is 0.625. The molecule has 0 bridgehead atoms. The first-order chi connectivity index (χ1) is 12.2. The number of hydrogen-bond acceptors (Lipinski definition) is 4. The Kier molecular flexibility index (Phi) is 4.53. The van der Waals surface area contributed by atoms with E-state index in [4.69, 9.17) is 0 Å². The van der Waals surface area contributed by atoms with E-state index in [0.29, 0.717) is 23.7 Å². The van der Waals surface area contributed by atoms with E-state index in [9.17, 15) is 9.59 Å². The zero-order valence-electron chi connectivity index (χ0n) is 14.0. The maximum atomic E-state index is 12.7. The molecule has 0 radical (unpaired) electrons. The SMILES string of the molecule is O=C(Nc1nc2c(s1)CCCC2)[C@H]1CCCN1C(=O)c1ccccc1. The number of amides is 2. The van der Waals surface area contributed by atoms with Gasteiger partial charge in [-0.2, -0.15) is 0 Å². The second kappa shape index (κ2) is 6.96. The Hall–Kier alpha value is -2.21. The van der Waals surface area contributed by atoms with Gasteiger partial charge in [-0.05, 0) is 50.7 Å². The first kappa shape index (κ1) is 16.3. The maximum absolute atomic E-state index is 12.7. The van der Waals surface area contributed by atoms with Gasteiger partial charge in [0.25, 0.3) is 5.91 Å². The van der Waals surface area contributed by atoms with Crippen molar-refractivity contribution in [1.82, 2.24) is 9.88 Å². The first-order valence-electron chi connectivity index (χ1n) is 8.88. The zero-order valence-corrected chi connectivity index (χ0v) is 14.8. The Morgan fingerprint density at radius 3 is 2.72 bits per heavy atom. The fourth-order valence-corrected chi connectivity index (χ4v) is 4.68. The number of benzene rings is 1. The van der Waals surface area contributed by atoms with Crippen LogP contribution in [0.3, 0.4) is 0 Å². The number of aromatic nitrogens is 1. The van der Waals surface area contributed by atoms with E-state index in [1.807, 2.05) is 18.2 Å². The molecule has 6 heteroatoms. The monoisotopic (exact) mass is 355 g/mol. The second-order valence-corrected chi connectivity index (χ2v) is 7.69. The van der Waals surface area contributed by atoms with Gasteiger partial charge in [0.1, 0.15) is 6.04 Å². The fraction of sp³-hybridized carbons (Fsp3) is 0.421. The van der Waals surface area contributed by atoms with E-state index in [0.717, 1.165) is 25.0 Å². The van der Waals surface area contributed by atoms with Gasteiger partial charge in [-0.3, -0.25) is 9.59 Å². The zero-order chi connectivity index (χ0) is 17.2. The van der Waals surface area contributed by atoms with E-state index >= 15 is 0 Å². The third kappa shape index (κ3) is 3.31. The average molecular weight is 355 g/mol. The molecule has 1 aliphatic carbocycles. The number of nitrogens with one attached hydrogen (secondary N) is 1. The molecule has 1 saturated heterocycles. The molecule has 1 atom stereocenters. The average Bonchev–Trinajstić information content (AvgIpc) is 3.28. The van der Waals surface area contributed by atoms with Gasteiger partial charge in [0.2, 0.25) is 5.91 Å². The summed E-state index contributed by atoms with van der Waals surface area (Å²) < 4.78 is 0. The van der Waals surface area contributed by atoms with Gasteiger partial charge >= 0.3 is 0 Å². The Bertz CT molecular complexity index is 764. The largest absolute Gasteiger partial charge is 0.327 e. The minimum atomic E-state index is -0.409. The minimum Gasteiger partial charge on any atom is -0.327 e. The minimum absolute atomic E-state index is 0.0725. The van der Waals surface area contributed by atoms with Gasteiger partial charge in [0.15, 0.2) is 5.13 Å². The van der Waals surface area contributed by atoms with E-state index in [2.05, 4.69) is 10.3 Å². The number of aryl methyl sites for hydroxylation is 2. The Balaban J connectivity index is 1.47. The van der Waals surface area contributed by atoms with Crippen LogP contribution in [0.15, 0.2) is 30.3 Å². The van der Waals surface area contributed by atoms with Gasteiger partial charge in [0, 0.05) is 17.0 Å². The molecule has 5 nitrogen and oxygen atoms in total. The first-order valence-corrected chi connectivity index (χ1v) is 9.69. The van der Waals surface area contributed by atoms with Crippen LogP contribution in [0.5, 0.6) is 0 Å². The standard InChI is InChI=1S/C19H21N3O2S/c23-17(21-19-20-14-9-4-5-11-16(14)25-19)15-10-6-12-22(15)18(24)13-7-2-1-3-8-13/h1-3,7-8,15H,4-6,9-12H2,(H,20,21,23)/t15-/m1/s1. The highest BCUT2D eigenvalue weighted by atomic mass is 32.1. The van der Waals surface area contributed by atoms with Gasteiger partial charge in [0.05, 0.1) is 5.69 Å². The predicted molar refractivity (Wildman–Crippen MR) is 97.9 cm³/mol. The van der Waals surface area contributed by atoms with Crippen LogP contribution in [-0.2, 0) is 17.6 Å². The number of nitrogens with zero attached hydrogens (tertiary/aromatic N) is 2. The Labute approximate surface area is 151 Å². The van der Waals surface area contributed by atoms with Crippen molar-refractivity contribution in [3.8, 4) is 0 Å². The molecule has 2 aromatic rings. The van der Waals surface area contributed by atoms with Crippen LogP contribution in [0, 0.1) is 0 Å². The van der Waals surface area contributed by atoms with Gasteiger partial charge in [-0.25, -0.2) is 4.98 Å². The molecular weight excluding hydrogens is 334 g/mol. The number of anilines is 1. The number of fused-ring (bicyclic) bond motifs is 1. The van der Waals surface area contributed by atoms with Crippen molar-refractivity contribution in [2.45, 2.75) is 44.6 Å². The topological polar surface area (TPSA) is 62.3 Å². The number of likely N-dealkylation sites (tertiary alicyclic amines) is 1. The van der Waals surface area contributed by atoms with Crippen LogP contribution in [0.2, 0.25) is 0 Å². The number of thiazole rings is 1. The summed E-state index contributed by atoms with van der Waals surface area (Å²) in [5.41, 5.74) is 1.77. The highest BCUT2D eigenvalue weighted by Crippen LogP contribution is 2.30. The molecule has 1 fully saturated rings. The molecule has 1 aromatic carbocycles. The summed E-state index contributed by atoms with van der Waals surface area (Å²) >= 11 is 1.58. The van der Waals surface area contributed by atoms with Gasteiger partial charge in [-0.1, -0.05) is 18.2 Å². The predicted octanol–water partition coefficient (Wildman–Crippen LogP) is 3.27. The molecule has 0 unspecified atom stereocenters. The quantitative estimate of drug-likeness (QED) is 0.919. The molecule has 0 spiro atoms. The van der Waals surface area contributed by atoms with Crippen LogP contribution in [0.25, 0.3) is 0 Å². The van der Waals surface area contributed by atoms with E-state index in [-0.39, 0.29) is 11.8 Å². The molecule has 25 heavy (non-hydrogen) atoms. The smallest absolute Gasteiger partial charge is 0.254 e. The number of hydrogen-bond donors (Lipinski definition) is 1. The van der Waals surface area contributed by atoms with Crippen LogP contribution >= 0.6 is 11.3 Å². The maximum Gasteiger partial charge on any atom is 0.254 e. The summed E-state index contributed by atoms with van der Waals surface area (Å²) in [6, 6.07) is 8.76. The molecule has 0 saturated carbocycles. The number of carbonyl (C=O) groups excluding carboxylic acids is 2. The normalized spacial score (nSPS) is 19.5. The van der Waals surface area contributed by atoms with E-state index in [1.165, 1.54) is 17.7 Å². The lowest BCUT2D eigenvalue weighted by Gasteiger charge is -2.23. The fourth-order valence-electron chi connectivity index (χ4n) is 3.62. The summed E-state index contributed by atoms with van der Waals surface area (Å²) in [7, 11) is 0. The van der Waals surface area contributed by atoms with Crippen molar-refractivity contribution in [2.24, 2.45) is 0 Å². The molecule has 2 aliphatic rings. The van der Waals surface area contributed by atoms with Crippen molar-refractivity contribution in [3.63, 3.8) is 0 Å². The van der Waals surface area contributed by atoms with Crippen LogP contribution < -0.4 is 5.32 Å². The lowest BCUT2D eigenvalue weighted by Crippen LogP contribution is -2.43. The van der Waals surface area contributed by atoms with Crippen molar-refractivity contribution >= 4 is 28.3 Å². The lowest BCUT2D eigenvalue weighted by molar-refractivity contribution is -0.119. The molecule has 1 N–H and O–H groups in total. The molecule has 130 valence electrons. The van der Waals surface area contributed by atoms with Crippen LogP contribution in [0.4, 0.5) is 5.13 Å². The number of carbonyl (C=O) groups is 2. The van der Waals surface area contributed by atoms with E-state index in [1.54, 1.807) is 28.4 Å². The number of rotatable bonds is 3. The summed E-state index contributed by atoms with van der Waals surface area (Å²) in [5.74, 6) is -0.190. The van der Waals surface area contributed by atoms with Crippen molar-refractivity contribution in [1.29, 1.82) is 0 Å². The molecule has 4 rings (SSSR count). The molecular formula is C19H21N3O2S. The van der Waals surface area contributed by atoms with Gasteiger partial charge in [-0.15, -0.1) is 11.3 Å². The van der Waals surface area contributed by atoms with Crippen molar-refractivity contribution in [3.05, 3.63) is 46.5 Å².